The van der Waals surface area contributed by atoms with E-state index in [1.807, 2.05) is 243 Å². The van der Waals surface area contributed by atoms with Crippen molar-refractivity contribution in [2.45, 2.75) is 19.6 Å². The fourth-order valence-electron chi connectivity index (χ4n) is 9.74. The van der Waals surface area contributed by atoms with Crippen molar-refractivity contribution in [1.29, 1.82) is 0 Å². The molecule has 94 heavy (non-hydrogen) atoms. The van der Waals surface area contributed by atoms with Gasteiger partial charge in [-0.2, -0.15) is 0 Å². The molecule has 0 atom stereocenters. The summed E-state index contributed by atoms with van der Waals surface area (Å²) in [6.45, 7) is 0. The molecule has 0 amide bonds. The van der Waals surface area contributed by atoms with Gasteiger partial charge in [0, 0.05) is 21.2 Å². The Morgan fingerprint density at radius 1 is 0.181 bits per heavy atom. The molecule has 0 bridgehead atoms. The van der Waals surface area contributed by atoms with Crippen LogP contribution in [0.25, 0.3) is 0 Å². The monoisotopic (exact) mass is 1490 g/mol. The summed E-state index contributed by atoms with van der Waals surface area (Å²) in [6, 6.07) is 103. The Morgan fingerprint density at radius 2 is 0.287 bits per heavy atom. The van der Waals surface area contributed by atoms with Crippen LogP contribution >= 0.6 is 31.7 Å². The molecule has 0 aliphatic heterocycles. The van der Waals surface area contributed by atoms with Crippen LogP contribution in [0.4, 0.5) is 0 Å². The SMILES string of the molecule is O=S(=O)([O-])c1ccccc1P(c1ccccc1)c1ccccc1.O=S(=O)([O-])c1ccccc1P(c1ccccc1)c1ccccc1.O=S(=O)([O-])c1ccccc1P(c1ccccc1)c1ccccc1.O=S(=O)([O-])c1ccccc1P(c1ccccc1)c1ccccc1.[Na+].[Rh+3]. The van der Waals surface area contributed by atoms with Gasteiger partial charge in [0.1, 0.15) is 40.5 Å². The quantitative estimate of drug-likeness (QED) is 0.0582. The zero-order valence-electron chi connectivity index (χ0n) is 50.0. The molecule has 0 aliphatic carbocycles. The summed E-state index contributed by atoms with van der Waals surface area (Å²) >= 11 is 0. The van der Waals surface area contributed by atoms with Gasteiger partial charge in [0.25, 0.3) is 0 Å². The first-order valence-electron chi connectivity index (χ1n) is 28.1. The Balaban J connectivity index is 0.000000176. The Hall–Kier alpha value is -6.38. The largest absolute Gasteiger partial charge is 3.00 e. The molecular weight excluding hydrogens is 1430 g/mol. The summed E-state index contributed by atoms with van der Waals surface area (Å²) in [5.74, 6) is 0. The van der Waals surface area contributed by atoms with Gasteiger partial charge in [0.05, 0.1) is 19.6 Å². The van der Waals surface area contributed by atoms with Gasteiger partial charge in [-0.15, -0.1) is 0 Å². The first-order valence-corrected chi connectivity index (χ1v) is 39.1. The minimum Gasteiger partial charge on any atom is -0.744 e. The van der Waals surface area contributed by atoms with E-state index < -0.39 is 72.2 Å². The normalized spacial score (nSPS) is 11.3. The van der Waals surface area contributed by atoms with Crippen LogP contribution in [-0.2, 0) is 60.0 Å². The molecule has 0 fully saturated rings. The van der Waals surface area contributed by atoms with Gasteiger partial charge in [-0.25, -0.2) is 33.7 Å². The minimum absolute atomic E-state index is 0. The third-order valence-corrected chi connectivity index (χ3v) is 27.8. The average Bonchev–Trinajstić information content (AvgIpc) is 0.839. The van der Waals surface area contributed by atoms with Crippen LogP contribution in [0, 0.1) is 0 Å². The van der Waals surface area contributed by atoms with Crippen molar-refractivity contribution in [3.05, 3.63) is 340 Å². The van der Waals surface area contributed by atoms with Crippen molar-refractivity contribution in [2.24, 2.45) is 0 Å². The summed E-state index contributed by atoms with van der Waals surface area (Å²) in [6.07, 6.45) is 0. The topological polar surface area (TPSA) is 229 Å². The molecule has 0 aromatic heterocycles. The molecule has 0 radical (unpaired) electrons. The molecule has 12 aromatic carbocycles. The van der Waals surface area contributed by atoms with Gasteiger partial charge in [0.2, 0.25) is 0 Å². The minimum atomic E-state index is -4.53. The van der Waals surface area contributed by atoms with Gasteiger partial charge >= 0.3 is 49.0 Å². The van der Waals surface area contributed by atoms with E-state index in [0.29, 0.717) is 21.2 Å². The Bertz CT molecular complexity index is 4050. The Morgan fingerprint density at radius 3 is 0.404 bits per heavy atom. The van der Waals surface area contributed by atoms with Gasteiger partial charge in [-0.05, 0) is 98.4 Å². The average molecular weight is 1490 g/mol. The molecule has 0 spiro atoms. The van der Waals surface area contributed by atoms with Crippen LogP contribution in [0.1, 0.15) is 0 Å². The zero-order chi connectivity index (χ0) is 65.1. The van der Waals surface area contributed by atoms with Crippen molar-refractivity contribution >= 4 is 136 Å². The van der Waals surface area contributed by atoms with Crippen LogP contribution in [0.3, 0.4) is 0 Å². The molecular formula is C72H56NaO12P4RhS4. The molecule has 12 rings (SSSR count). The third-order valence-electron chi connectivity index (χ3n) is 13.6. The predicted molar refractivity (Wildman–Crippen MR) is 372 cm³/mol. The molecule has 12 nitrogen and oxygen atoms in total. The van der Waals surface area contributed by atoms with Crippen molar-refractivity contribution in [1.82, 2.24) is 0 Å². The summed E-state index contributed by atoms with van der Waals surface area (Å²) in [5, 5.41) is 10.3. The van der Waals surface area contributed by atoms with Gasteiger partial charge in [-0.3, -0.25) is 0 Å². The van der Waals surface area contributed by atoms with Crippen LogP contribution in [0.5, 0.6) is 0 Å². The molecule has 470 valence electrons. The summed E-state index contributed by atoms with van der Waals surface area (Å²) in [5.41, 5.74) is 0. The number of hydrogen-bond donors (Lipinski definition) is 0. The number of benzene rings is 12. The molecule has 0 saturated heterocycles. The summed E-state index contributed by atoms with van der Waals surface area (Å²) in [4.78, 5) is -0.560. The fraction of sp³-hybridized carbons (Fsp3) is 0. The maximum atomic E-state index is 11.7. The van der Waals surface area contributed by atoms with Crippen molar-refractivity contribution in [2.75, 3.05) is 0 Å². The molecule has 0 aliphatic rings. The maximum absolute atomic E-state index is 11.7. The van der Waals surface area contributed by atoms with E-state index in [2.05, 4.69) is 0 Å². The van der Waals surface area contributed by atoms with E-state index >= 15 is 0 Å². The van der Waals surface area contributed by atoms with E-state index in [1.165, 1.54) is 24.3 Å². The molecule has 0 saturated carbocycles. The summed E-state index contributed by atoms with van der Waals surface area (Å²) < 4.78 is 140. The molecule has 0 N–H and O–H groups in total. The smallest absolute Gasteiger partial charge is 0.744 e. The van der Waals surface area contributed by atoms with Crippen LogP contribution in [0.15, 0.2) is 359 Å². The molecule has 0 heterocycles. The van der Waals surface area contributed by atoms with E-state index in [4.69, 9.17) is 0 Å². The Labute approximate surface area is 590 Å². The molecule has 22 heteroatoms. The van der Waals surface area contributed by atoms with Crippen LogP contribution in [0.2, 0.25) is 0 Å². The first kappa shape index (κ1) is 75.0. The first-order chi connectivity index (χ1) is 44.3. The second-order valence-corrected chi connectivity index (χ2v) is 33.8. The second-order valence-electron chi connectivity index (χ2n) is 19.7. The van der Waals surface area contributed by atoms with Gasteiger partial charge in [0.15, 0.2) is 0 Å². The van der Waals surface area contributed by atoms with Crippen molar-refractivity contribution in [3.8, 4) is 0 Å². The van der Waals surface area contributed by atoms with Crippen molar-refractivity contribution in [3.63, 3.8) is 0 Å². The predicted octanol–water partition coefficient (Wildman–Crippen LogP) is 6.40. The number of hydrogen-bond acceptors (Lipinski definition) is 12. The molecule has 12 aromatic rings. The van der Waals surface area contributed by atoms with E-state index in [9.17, 15) is 51.9 Å². The standard InChI is InChI=1S/4C18H15O3PS.Na.Rh/c4*19-23(20,21)18-14-8-7-13-17(18)22(15-9-3-1-4-10-15)16-11-5-2-6-12-16;;/h4*1-14H,(H,19,20,21);;/q;;;;+1;+3/p-4. The maximum Gasteiger partial charge on any atom is 3.00 e. The molecule has 0 unspecified atom stereocenters. The van der Waals surface area contributed by atoms with Gasteiger partial charge < -0.3 is 18.2 Å². The summed E-state index contributed by atoms with van der Waals surface area (Å²) in [7, 11) is -22.6. The van der Waals surface area contributed by atoms with Crippen molar-refractivity contribution < 1.29 is 101 Å². The third kappa shape index (κ3) is 20.3. The number of rotatable bonds is 16. The fourth-order valence-corrected chi connectivity index (χ4v) is 23.8. The van der Waals surface area contributed by atoms with E-state index in [-0.39, 0.29) is 68.6 Å². The van der Waals surface area contributed by atoms with Crippen LogP contribution in [-0.4, -0.2) is 51.9 Å². The van der Waals surface area contributed by atoms with Gasteiger partial charge in [-0.1, -0.05) is 315 Å². The second kappa shape index (κ2) is 35.6. The Kier molecular flexibility index (Phi) is 28.4. The zero-order valence-corrected chi connectivity index (χ0v) is 60.5. The van der Waals surface area contributed by atoms with E-state index in [1.54, 1.807) is 72.8 Å². The van der Waals surface area contributed by atoms with E-state index in [0.717, 1.165) is 42.4 Å². The van der Waals surface area contributed by atoms with Crippen LogP contribution < -0.4 is 93.2 Å².